The van der Waals surface area contributed by atoms with Crippen molar-refractivity contribution in [1.29, 1.82) is 5.26 Å². The molecule has 2 N–H and O–H groups in total. The summed E-state index contributed by atoms with van der Waals surface area (Å²) in [6.45, 7) is 0. The minimum atomic E-state index is -1.66. The van der Waals surface area contributed by atoms with Crippen LogP contribution in [-0.4, -0.2) is 19.2 Å². The first-order chi connectivity index (χ1) is 19.0. The molecule has 1 unspecified atom stereocenters. The number of nitrogens with zero attached hydrogens (tertiary/aromatic N) is 2. The Bertz CT molecular complexity index is 2100. The lowest BCUT2D eigenvalue weighted by atomic mass is 9.97. The molecule has 39 heavy (non-hydrogen) atoms. The Labute approximate surface area is 224 Å². The second-order valence-corrected chi connectivity index (χ2v) is 11.1. The quantitative estimate of drug-likeness (QED) is 0.201. The summed E-state index contributed by atoms with van der Waals surface area (Å²) >= 11 is 0. The van der Waals surface area contributed by atoms with Crippen molar-refractivity contribution in [3.8, 4) is 17.2 Å². The van der Waals surface area contributed by atoms with Crippen LogP contribution < -0.4 is 5.56 Å². The number of hydrogen-bond acceptors (Lipinski definition) is 4. The van der Waals surface area contributed by atoms with Crippen LogP contribution in [0.2, 0.25) is 0 Å². The number of hydrogen-bond donors (Lipinski definition) is 2. The highest BCUT2D eigenvalue weighted by Crippen LogP contribution is 2.41. The van der Waals surface area contributed by atoms with Gasteiger partial charge in [-0.2, -0.15) is 5.26 Å². The summed E-state index contributed by atoms with van der Waals surface area (Å²) in [6, 6.07) is 20.5. The molecule has 2 heterocycles. The predicted molar refractivity (Wildman–Crippen MR) is 150 cm³/mol. The molecule has 0 spiro atoms. The van der Waals surface area contributed by atoms with Gasteiger partial charge in [0.05, 0.1) is 27.4 Å². The van der Waals surface area contributed by atoms with Gasteiger partial charge in [0, 0.05) is 28.8 Å². The van der Waals surface area contributed by atoms with Crippen molar-refractivity contribution < 1.29 is 8.60 Å². The number of aromatic amines is 2. The minimum absolute atomic E-state index is 0.264. The van der Waals surface area contributed by atoms with E-state index in [-0.39, 0.29) is 10.7 Å². The second kappa shape index (κ2) is 9.00. The summed E-state index contributed by atoms with van der Waals surface area (Å²) in [7, 11) is -1.66. The van der Waals surface area contributed by atoms with Gasteiger partial charge in [-0.25, -0.2) is 13.6 Å². The Morgan fingerprint density at radius 2 is 1.90 bits per heavy atom. The van der Waals surface area contributed by atoms with Crippen molar-refractivity contribution in [1.82, 2.24) is 15.0 Å². The maximum atomic E-state index is 14.2. The van der Waals surface area contributed by atoms with Gasteiger partial charge in [-0.05, 0) is 77.4 Å². The van der Waals surface area contributed by atoms with E-state index >= 15 is 0 Å². The third kappa shape index (κ3) is 3.62. The van der Waals surface area contributed by atoms with Crippen molar-refractivity contribution in [2.75, 3.05) is 0 Å². The average molecular weight is 533 g/mol. The SMILES string of the molecule is N#CCCCc1c(S(=O)c2nc3c4cc[nH]c(=O)c4c4cc(F)ccc4c3[nH]2)ccc2c1Cc1ccccc1-2. The lowest BCUT2D eigenvalue weighted by molar-refractivity contribution is 0.630. The van der Waals surface area contributed by atoms with Crippen LogP contribution in [0.3, 0.4) is 0 Å². The third-order valence-corrected chi connectivity index (χ3v) is 8.90. The number of unbranched alkanes of at least 4 members (excludes halogenated alkanes) is 1. The molecule has 0 saturated heterocycles. The van der Waals surface area contributed by atoms with Crippen molar-refractivity contribution in [2.45, 2.75) is 35.7 Å². The molecule has 1 atom stereocenters. The zero-order chi connectivity index (χ0) is 26.7. The molecule has 0 fully saturated rings. The molecule has 0 aliphatic heterocycles. The number of H-pyrrole nitrogens is 2. The highest BCUT2D eigenvalue weighted by atomic mass is 32.2. The Hall–Kier alpha value is -4.61. The van der Waals surface area contributed by atoms with E-state index < -0.39 is 16.6 Å². The Kier molecular flexibility index (Phi) is 5.42. The van der Waals surface area contributed by atoms with Crippen molar-refractivity contribution in [2.24, 2.45) is 0 Å². The number of halogens is 1. The van der Waals surface area contributed by atoms with Gasteiger partial charge in [0.25, 0.3) is 5.56 Å². The van der Waals surface area contributed by atoms with E-state index in [4.69, 9.17) is 10.2 Å². The standard InChI is InChI=1S/C31H21FN4O2S/c32-18-8-9-22-25(16-18)27-23(12-14-34-30(27)37)29-28(22)35-31(36-29)39(38)26-11-10-20-19-6-2-1-5-17(19)15-24(20)21(26)7-3-4-13-33/h1-2,5-6,8-12,14,16H,3-4,7,15H2,(H,34,37)(H,35,36). The first-order valence-electron chi connectivity index (χ1n) is 12.7. The van der Waals surface area contributed by atoms with Crippen LogP contribution in [0.25, 0.3) is 43.7 Å². The van der Waals surface area contributed by atoms with E-state index in [9.17, 15) is 13.4 Å². The molecule has 0 amide bonds. The summed E-state index contributed by atoms with van der Waals surface area (Å²) < 4.78 is 28.4. The van der Waals surface area contributed by atoms with E-state index in [0.29, 0.717) is 56.7 Å². The number of pyridine rings is 1. The van der Waals surface area contributed by atoms with Crippen LogP contribution in [0.1, 0.15) is 29.5 Å². The molecule has 2 aromatic heterocycles. The monoisotopic (exact) mass is 532 g/mol. The van der Waals surface area contributed by atoms with Crippen LogP contribution >= 0.6 is 0 Å². The van der Waals surface area contributed by atoms with E-state index in [1.165, 1.54) is 29.5 Å². The van der Waals surface area contributed by atoms with Crippen molar-refractivity contribution in [3.63, 3.8) is 0 Å². The van der Waals surface area contributed by atoms with E-state index in [1.54, 1.807) is 12.1 Å². The molecule has 1 aliphatic rings. The van der Waals surface area contributed by atoms with Gasteiger partial charge in [0.1, 0.15) is 16.6 Å². The fourth-order valence-electron chi connectivity index (χ4n) is 5.86. The highest BCUT2D eigenvalue weighted by Gasteiger charge is 2.26. The summed E-state index contributed by atoms with van der Waals surface area (Å²) in [5, 5.41) is 11.4. The highest BCUT2D eigenvalue weighted by molar-refractivity contribution is 7.85. The maximum absolute atomic E-state index is 14.2. The number of fused-ring (bicyclic) bond motifs is 9. The molecular weight excluding hydrogens is 511 g/mol. The number of benzene rings is 4. The molecule has 6 aromatic rings. The fourth-order valence-corrected chi connectivity index (χ4v) is 7.08. The molecule has 7 rings (SSSR count). The molecule has 190 valence electrons. The van der Waals surface area contributed by atoms with Crippen molar-refractivity contribution >= 4 is 43.4 Å². The van der Waals surface area contributed by atoms with Crippen LogP contribution in [0.5, 0.6) is 0 Å². The van der Waals surface area contributed by atoms with Crippen LogP contribution in [0.4, 0.5) is 4.39 Å². The first kappa shape index (κ1) is 23.5. The molecule has 8 heteroatoms. The van der Waals surface area contributed by atoms with Crippen LogP contribution in [0.15, 0.2) is 81.7 Å². The number of rotatable bonds is 5. The van der Waals surface area contributed by atoms with Gasteiger partial charge in [0.15, 0.2) is 0 Å². The predicted octanol–water partition coefficient (Wildman–Crippen LogP) is 6.28. The third-order valence-electron chi connectivity index (χ3n) is 7.57. The lowest BCUT2D eigenvalue weighted by Crippen LogP contribution is -2.05. The topological polar surface area (TPSA) is 102 Å². The summed E-state index contributed by atoms with van der Waals surface area (Å²) in [6.07, 6.45) is 3.99. The lowest BCUT2D eigenvalue weighted by Gasteiger charge is -2.13. The van der Waals surface area contributed by atoms with Gasteiger partial charge >= 0.3 is 0 Å². The number of aromatic nitrogens is 3. The maximum Gasteiger partial charge on any atom is 0.256 e. The summed E-state index contributed by atoms with van der Waals surface area (Å²) in [5.74, 6) is -0.448. The largest absolute Gasteiger partial charge is 0.330 e. The van der Waals surface area contributed by atoms with Crippen LogP contribution in [-0.2, 0) is 23.6 Å². The molecule has 4 aromatic carbocycles. The van der Waals surface area contributed by atoms with Gasteiger partial charge in [0.2, 0.25) is 5.16 Å². The van der Waals surface area contributed by atoms with Gasteiger partial charge in [-0.1, -0.05) is 30.3 Å². The second-order valence-electron chi connectivity index (χ2n) is 9.73. The molecule has 0 radical (unpaired) electrons. The zero-order valence-corrected chi connectivity index (χ0v) is 21.5. The van der Waals surface area contributed by atoms with Gasteiger partial charge in [-0.3, -0.25) is 4.79 Å². The molecule has 0 bridgehead atoms. The Morgan fingerprint density at radius 3 is 2.77 bits per heavy atom. The number of nitriles is 1. The molecular formula is C31H21FN4O2S. The number of nitrogens with one attached hydrogen (secondary N) is 2. The molecule has 1 aliphatic carbocycles. The fraction of sp³-hybridized carbons (Fsp3) is 0.129. The molecule has 6 nitrogen and oxygen atoms in total. The number of imidazole rings is 1. The minimum Gasteiger partial charge on any atom is -0.330 e. The smallest absolute Gasteiger partial charge is 0.256 e. The van der Waals surface area contributed by atoms with E-state index in [1.807, 2.05) is 24.3 Å². The van der Waals surface area contributed by atoms with Crippen LogP contribution in [0, 0.1) is 17.1 Å². The zero-order valence-electron chi connectivity index (χ0n) is 20.7. The van der Waals surface area contributed by atoms with Gasteiger partial charge in [-0.15, -0.1) is 0 Å². The average Bonchev–Trinajstić information content (AvgIpc) is 3.56. The molecule has 0 saturated carbocycles. The summed E-state index contributed by atoms with van der Waals surface area (Å²) in [4.78, 5) is 24.1. The van der Waals surface area contributed by atoms with E-state index in [2.05, 4.69) is 28.2 Å². The Morgan fingerprint density at radius 1 is 1.03 bits per heavy atom. The van der Waals surface area contributed by atoms with Gasteiger partial charge < -0.3 is 9.97 Å². The first-order valence-corrected chi connectivity index (χ1v) is 13.8. The van der Waals surface area contributed by atoms with E-state index in [0.717, 1.165) is 23.1 Å². The van der Waals surface area contributed by atoms with Crippen molar-refractivity contribution in [3.05, 3.63) is 99.7 Å². The summed E-state index contributed by atoms with van der Waals surface area (Å²) in [5.41, 5.74) is 6.47. The normalized spacial score (nSPS) is 13.0. The Balaban J connectivity index is 1.43.